The van der Waals surface area contributed by atoms with Crippen molar-refractivity contribution < 1.29 is 0 Å². The quantitative estimate of drug-likeness (QED) is 0.555. The summed E-state index contributed by atoms with van der Waals surface area (Å²) in [7, 11) is 0. The van der Waals surface area contributed by atoms with Crippen LogP contribution in [0.15, 0.2) is 24.3 Å². The van der Waals surface area contributed by atoms with Crippen molar-refractivity contribution in [1.29, 1.82) is 0 Å². The van der Waals surface area contributed by atoms with Gasteiger partial charge in [0.05, 0.1) is 15.2 Å². The lowest BCUT2D eigenvalue weighted by atomic mass is 10.0. The monoisotopic (exact) mass is 227 g/mol. The van der Waals surface area contributed by atoms with Gasteiger partial charge in [0.1, 0.15) is 0 Å². The molecule has 0 N–H and O–H groups in total. The molecule has 0 amide bonds. The zero-order valence-electron chi connectivity index (χ0n) is 9.66. The molecule has 0 aliphatic rings. The minimum atomic E-state index is 1.14. The summed E-state index contributed by atoms with van der Waals surface area (Å²) in [5, 5.41) is 3.75. The second-order valence-corrected chi connectivity index (χ2v) is 5.56. The zero-order valence-corrected chi connectivity index (χ0v) is 10.5. The molecule has 3 rings (SSSR count). The Bertz CT molecular complexity index is 695. The van der Waals surface area contributed by atoms with E-state index in [1.165, 1.54) is 26.6 Å². The van der Waals surface area contributed by atoms with Gasteiger partial charge in [-0.15, -0.1) is 11.3 Å². The number of aryl methyl sites for hydroxylation is 3. The summed E-state index contributed by atoms with van der Waals surface area (Å²) in [4.78, 5) is 4.64. The Morgan fingerprint density at radius 1 is 1.00 bits per heavy atom. The molecular weight excluding hydrogens is 214 g/mol. The van der Waals surface area contributed by atoms with Crippen LogP contribution in [0.5, 0.6) is 0 Å². The highest BCUT2D eigenvalue weighted by molar-refractivity contribution is 7.18. The molecule has 0 saturated heterocycles. The molecule has 0 spiro atoms. The fourth-order valence-corrected chi connectivity index (χ4v) is 3.15. The van der Waals surface area contributed by atoms with Gasteiger partial charge in [0.2, 0.25) is 0 Å². The van der Waals surface area contributed by atoms with Crippen LogP contribution in [0.1, 0.15) is 16.1 Å². The first kappa shape index (κ1) is 9.79. The van der Waals surface area contributed by atoms with Crippen molar-refractivity contribution >= 4 is 32.3 Å². The lowest BCUT2D eigenvalue weighted by Crippen LogP contribution is -1.83. The fraction of sp³-hybridized carbons (Fsp3) is 0.214. The topological polar surface area (TPSA) is 12.9 Å². The van der Waals surface area contributed by atoms with Crippen LogP contribution in [0.2, 0.25) is 0 Å². The number of hydrogen-bond acceptors (Lipinski definition) is 2. The molecule has 0 atom stereocenters. The van der Waals surface area contributed by atoms with Crippen LogP contribution in [-0.4, -0.2) is 4.98 Å². The largest absolute Gasteiger partial charge is 0.241 e. The van der Waals surface area contributed by atoms with Crippen LogP contribution in [0.3, 0.4) is 0 Å². The van der Waals surface area contributed by atoms with E-state index in [9.17, 15) is 0 Å². The number of aromatic nitrogens is 1. The molecule has 0 aliphatic carbocycles. The molecule has 0 radical (unpaired) electrons. The van der Waals surface area contributed by atoms with Gasteiger partial charge in [-0.3, -0.25) is 0 Å². The average Bonchev–Trinajstić information content (AvgIpc) is 2.58. The summed E-state index contributed by atoms with van der Waals surface area (Å²) in [5.74, 6) is 0. The van der Waals surface area contributed by atoms with Crippen LogP contribution in [0.4, 0.5) is 0 Å². The Kier molecular flexibility index (Phi) is 2.01. The number of nitrogens with zero attached hydrogens (tertiary/aromatic N) is 1. The van der Waals surface area contributed by atoms with Crippen molar-refractivity contribution in [3.63, 3.8) is 0 Å². The van der Waals surface area contributed by atoms with E-state index >= 15 is 0 Å². The minimum Gasteiger partial charge on any atom is -0.241 e. The lowest BCUT2D eigenvalue weighted by molar-refractivity contribution is 1.35. The van der Waals surface area contributed by atoms with Crippen LogP contribution in [-0.2, 0) is 0 Å². The van der Waals surface area contributed by atoms with E-state index in [1.54, 1.807) is 11.3 Å². The fourth-order valence-electron chi connectivity index (χ4n) is 2.30. The predicted molar refractivity (Wildman–Crippen MR) is 71.3 cm³/mol. The molecule has 1 nitrogen and oxygen atoms in total. The molecule has 2 heteroatoms. The smallest absolute Gasteiger partial charge is 0.0908 e. The summed E-state index contributed by atoms with van der Waals surface area (Å²) in [5.41, 5.74) is 3.80. The van der Waals surface area contributed by atoms with Gasteiger partial charge in [0.15, 0.2) is 0 Å². The molecule has 0 unspecified atom stereocenters. The third-order valence-corrected chi connectivity index (χ3v) is 3.88. The maximum Gasteiger partial charge on any atom is 0.0908 e. The Balaban J connectivity index is 2.58. The number of rotatable bonds is 0. The van der Waals surface area contributed by atoms with Crippen LogP contribution < -0.4 is 0 Å². The third kappa shape index (κ3) is 1.34. The SMILES string of the molecule is Cc1cc(C)c2ccc3sc(C)nc3c2c1. The van der Waals surface area contributed by atoms with Gasteiger partial charge in [0, 0.05) is 5.39 Å². The van der Waals surface area contributed by atoms with Gasteiger partial charge < -0.3 is 0 Å². The van der Waals surface area contributed by atoms with Crippen molar-refractivity contribution in [3.05, 3.63) is 40.4 Å². The molecule has 1 aromatic heterocycles. The van der Waals surface area contributed by atoms with Gasteiger partial charge in [-0.2, -0.15) is 0 Å². The summed E-state index contributed by atoms with van der Waals surface area (Å²) in [6.07, 6.45) is 0. The van der Waals surface area contributed by atoms with Crippen molar-refractivity contribution in [2.45, 2.75) is 20.8 Å². The Morgan fingerprint density at radius 2 is 1.81 bits per heavy atom. The predicted octanol–water partition coefficient (Wildman–Crippen LogP) is 4.37. The van der Waals surface area contributed by atoms with Gasteiger partial charge >= 0.3 is 0 Å². The maximum absolute atomic E-state index is 4.64. The lowest BCUT2D eigenvalue weighted by Gasteiger charge is -2.04. The van der Waals surface area contributed by atoms with Crippen molar-refractivity contribution in [2.24, 2.45) is 0 Å². The number of hydrogen-bond donors (Lipinski definition) is 0. The van der Waals surface area contributed by atoms with Gasteiger partial charge in [-0.25, -0.2) is 4.98 Å². The summed E-state index contributed by atoms with van der Waals surface area (Å²) in [6, 6.07) is 8.87. The van der Waals surface area contributed by atoms with Gasteiger partial charge in [-0.1, -0.05) is 17.7 Å². The molecule has 80 valence electrons. The van der Waals surface area contributed by atoms with E-state index in [-0.39, 0.29) is 0 Å². The molecule has 0 aliphatic heterocycles. The molecule has 0 saturated carbocycles. The van der Waals surface area contributed by atoms with Gasteiger partial charge in [-0.05, 0) is 43.9 Å². The third-order valence-electron chi connectivity index (χ3n) is 2.95. The standard InChI is InChI=1S/C14H13NS/c1-8-6-9(2)11-4-5-13-14(12(11)7-8)15-10(3)16-13/h4-7H,1-3H3. The zero-order chi connectivity index (χ0) is 11.3. The highest BCUT2D eigenvalue weighted by Gasteiger charge is 2.07. The normalized spacial score (nSPS) is 11.4. The Hall–Kier alpha value is -1.41. The first-order valence-corrected chi connectivity index (χ1v) is 6.24. The number of benzene rings is 2. The van der Waals surface area contributed by atoms with Crippen molar-refractivity contribution in [1.82, 2.24) is 4.98 Å². The molecule has 0 fully saturated rings. The second-order valence-electron chi connectivity index (χ2n) is 4.32. The maximum atomic E-state index is 4.64. The van der Waals surface area contributed by atoms with E-state index in [1.807, 2.05) is 0 Å². The second kappa shape index (κ2) is 3.29. The summed E-state index contributed by atoms with van der Waals surface area (Å²) in [6.45, 7) is 6.38. The first-order valence-electron chi connectivity index (χ1n) is 5.42. The Labute approximate surface area is 98.7 Å². The highest BCUT2D eigenvalue weighted by Crippen LogP contribution is 2.31. The summed E-state index contributed by atoms with van der Waals surface area (Å²) < 4.78 is 1.29. The molecule has 3 aromatic rings. The van der Waals surface area contributed by atoms with Gasteiger partial charge in [0.25, 0.3) is 0 Å². The van der Waals surface area contributed by atoms with Crippen LogP contribution >= 0.6 is 11.3 Å². The number of fused-ring (bicyclic) bond motifs is 3. The highest BCUT2D eigenvalue weighted by atomic mass is 32.1. The Morgan fingerprint density at radius 3 is 2.62 bits per heavy atom. The molecule has 1 heterocycles. The molecule has 16 heavy (non-hydrogen) atoms. The molecular formula is C14H13NS. The average molecular weight is 227 g/mol. The van der Waals surface area contributed by atoms with E-state index < -0.39 is 0 Å². The molecule has 2 aromatic carbocycles. The van der Waals surface area contributed by atoms with E-state index in [2.05, 4.69) is 50.0 Å². The van der Waals surface area contributed by atoms with Crippen molar-refractivity contribution in [2.75, 3.05) is 0 Å². The summed E-state index contributed by atoms with van der Waals surface area (Å²) >= 11 is 1.77. The number of thiazole rings is 1. The van der Waals surface area contributed by atoms with Crippen LogP contribution in [0.25, 0.3) is 21.0 Å². The van der Waals surface area contributed by atoms with E-state index in [0.717, 1.165) is 10.5 Å². The van der Waals surface area contributed by atoms with Crippen molar-refractivity contribution in [3.8, 4) is 0 Å². The van der Waals surface area contributed by atoms with E-state index in [0.29, 0.717) is 0 Å². The molecule has 0 bridgehead atoms. The minimum absolute atomic E-state index is 1.14. The van der Waals surface area contributed by atoms with E-state index in [4.69, 9.17) is 0 Å². The first-order chi connectivity index (χ1) is 7.65. The van der Waals surface area contributed by atoms with Crippen LogP contribution in [0, 0.1) is 20.8 Å².